The van der Waals surface area contributed by atoms with Crippen molar-refractivity contribution in [3.05, 3.63) is 60.3 Å². The maximum absolute atomic E-state index is 6.08. The highest BCUT2D eigenvalue weighted by atomic mass is 16.5. The van der Waals surface area contributed by atoms with E-state index in [-0.39, 0.29) is 6.10 Å². The fraction of sp³-hybridized carbons (Fsp3) is 0.353. The number of likely N-dealkylation sites (N-methyl/N-ethyl adjacent to an activating group) is 1. The number of aromatic nitrogens is 1. The van der Waals surface area contributed by atoms with Gasteiger partial charge in [0.1, 0.15) is 6.10 Å². The maximum Gasteiger partial charge on any atom is 0.213 e. The van der Waals surface area contributed by atoms with Crippen LogP contribution >= 0.6 is 0 Å². The Kier molecular flexibility index (Phi) is 5.56. The lowest BCUT2D eigenvalue weighted by Gasteiger charge is -2.26. The number of hydrogen-bond donors (Lipinski definition) is 0. The van der Waals surface area contributed by atoms with E-state index < -0.39 is 0 Å². The Balaban J connectivity index is 2.16. The zero-order chi connectivity index (χ0) is 14.2. The van der Waals surface area contributed by atoms with Crippen LogP contribution in [0, 0.1) is 0 Å². The second-order valence-electron chi connectivity index (χ2n) is 4.67. The molecule has 3 nitrogen and oxygen atoms in total. The number of pyridine rings is 1. The van der Waals surface area contributed by atoms with Crippen molar-refractivity contribution in [2.45, 2.75) is 20.0 Å². The summed E-state index contributed by atoms with van der Waals surface area (Å²) in [6, 6.07) is 16.1. The van der Waals surface area contributed by atoms with Crippen molar-refractivity contribution in [1.29, 1.82) is 0 Å². The summed E-state index contributed by atoms with van der Waals surface area (Å²) in [5.41, 5.74) is 1.19. The highest BCUT2D eigenvalue weighted by molar-refractivity contribution is 5.20. The highest BCUT2D eigenvalue weighted by Crippen LogP contribution is 2.21. The van der Waals surface area contributed by atoms with Gasteiger partial charge >= 0.3 is 0 Å². The Hall–Kier alpha value is -1.87. The van der Waals surface area contributed by atoms with Crippen LogP contribution in [0.25, 0.3) is 0 Å². The van der Waals surface area contributed by atoms with Crippen molar-refractivity contribution in [3.8, 4) is 5.88 Å². The van der Waals surface area contributed by atoms with Crippen LogP contribution in [0.1, 0.15) is 25.5 Å². The first-order chi connectivity index (χ1) is 9.83. The van der Waals surface area contributed by atoms with Gasteiger partial charge < -0.3 is 4.74 Å². The summed E-state index contributed by atoms with van der Waals surface area (Å²) in [4.78, 5) is 6.62. The molecule has 0 spiro atoms. The van der Waals surface area contributed by atoms with Gasteiger partial charge in [-0.05, 0) is 24.7 Å². The summed E-state index contributed by atoms with van der Waals surface area (Å²) in [7, 11) is 0. The molecule has 2 aromatic rings. The molecule has 0 aliphatic heterocycles. The SMILES string of the molecule is CCN(CC)C[C@H](Oc1ccccn1)c1ccccc1. The van der Waals surface area contributed by atoms with Gasteiger partial charge in [0, 0.05) is 18.8 Å². The molecule has 2 rings (SSSR count). The van der Waals surface area contributed by atoms with Crippen LogP contribution in [0.4, 0.5) is 0 Å². The van der Waals surface area contributed by atoms with Gasteiger partial charge in [-0.25, -0.2) is 4.98 Å². The van der Waals surface area contributed by atoms with Gasteiger partial charge in [-0.1, -0.05) is 50.2 Å². The molecule has 0 saturated carbocycles. The van der Waals surface area contributed by atoms with E-state index in [1.807, 2.05) is 36.4 Å². The normalized spacial score (nSPS) is 12.3. The first kappa shape index (κ1) is 14.5. The summed E-state index contributed by atoms with van der Waals surface area (Å²) in [6.07, 6.45) is 1.76. The van der Waals surface area contributed by atoms with Crippen molar-refractivity contribution >= 4 is 0 Å². The molecule has 0 saturated heterocycles. The molecule has 1 atom stereocenters. The van der Waals surface area contributed by atoms with Gasteiger partial charge in [0.2, 0.25) is 5.88 Å². The van der Waals surface area contributed by atoms with Gasteiger partial charge in [-0.3, -0.25) is 4.90 Å². The molecule has 0 aliphatic rings. The topological polar surface area (TPSA) is 25.4 Å². The predicted molar refractivity (Wildman–Crippen MR) is 81.8 cm³/mol. The van der Waals surface area contributed by atoms with Crippen molar-refractivity contribution in [2.75, 3.05) is 19.6 Å². The summed E-state index contributed by atoms with van der Waals surface area (Å²) in [6.45, 7) is 7.25. The van der Waals surface area contributed by atoms with Crippen molar-refractivity contribution in [1.82, 2.24) is 9.88 Å². The second-order valence-corrected chi connectivity index (χ2v) is 4.67. The first-order valence-corrected chi connectivity index (χ1v) is 7.18. The molecule has 0 bridgehead atoms. The van der Waals surface area contributed by atoms with E-state index in [1.54, 1.807) is 6.20 Å². The lowest BCUT2D eigenvalue weighted by molar-refractivity contribution is 0.135. The Morgan fingerprint density at radius 3 is 2.30 bits per heavy atom. The molecule has 1 aromatic heterocycles. The van der Waals surface area contributed by atoms with Gasteiger partial charge in [-0.2, -0.15) is 0 Å². The fourth-order valence-corrected chi connectivity index (χ4v) is 2.16. The minimum absolute atomic E-state index is 0.00556. The molecule has 0 amide bonds. The first-order valence-electron chi connectivity index (χ1n) is 7.18. The van der Waals surface area contributed by atoms with Gasteiger partial charge in [0.05, 0.1) is 0 Å². The summed E-state index contributed by atoms with van der Waals surface area (Å²) in [5.74, 6) is 0.675. The van der Waals surface area contributed by atoms with Gasteiger partial charge in [0.15, 0.2) is 0 Å². The van der Waals surface area contributed by atoms with E-state index in [4.69, 9.17) is 4.74 Å². The molecule has 1 aromatic carbocycles. The van der Waals surface area contributed by atoms with Gasteiger partial charge in [0.25, 0.3) is 0 Å². The smallest absolute Gasteiger partial charge is 0.213 e. The van der Waals surface area contributed by atoms with Crippen molar-refractivity contribution in [2.24, 2.45) is 0 Å². The van der Waals surface area contributed by atoms with Crippen molar-refractivity contribution in [3.63, 3.8) is 0 Å². The lowest BCUT2D eigenvalue weighted by Crippen LogP contribution is -2.30. The highest BCUT2D eigenvalue weighted by Gasteiger charge is 2.16. The minimum Gasteiger partial charge on any atom is -0.468 e. The number of nitrogens with zero attached hydrogens (tertiary/aromatic N) is 2. The van der Waals surface area contributed by atoms with Crippen LogP contribution < -0.4 is 4.74 Å². The Bertz CT molecular complexity index is 483. The molecule has 0 fully saturated rings. The van der Waals surface area contributed by atoms with E-state index in [1.165, 1.54) is 5.56 Å². The quantitative estimate of drug-likeness (QED) is 0.769. The minimum atomic E-state index is 0.00556. The fourth-order valence-electron chi connectivity index (χ4n) is 2.16. The second kappa shape index (κ2) is 7.65. The predicted octanol–water partition coefficient (Wildman–Crippen LogP) is 3.54. The summed E-state index contributed by atoms with van der Waals surface area (Å²) < 4.78 is 6.08. The van der Waals surface area contributed by atoms with E-state index in [0.717, 1.165) is 19.6 Å². The Labute approximate surface area is 121 Å². The maximum atomic E-state index is 6.08. The number of rotatable bonds is 7. The zero-order valence-corrected chi connectivity index (χ0v) is 12.2. The molecule has 106 valence electrons. The van der Waals surface area contributed by atoms with Crippen LogP contribution in [-0.4, -0.2) is 29.5 Å². The number of hydrogen-bond acceptors (Lipinski definition) is 3. The third-order valence-corrected chi connectivity index (χ3v) is 3.39. The van der Waals surface area contributed by atoms with Crippen LogP contribution in [0.2, 0.25) is 0 Å². The molecular formula is C17H22N2O. The van der Waals surface area contributed by atoms with Gasteiger partial charge in [-0.15, -0.1) is 0 Å². The van der Waals surface area contributed by atoms with Crippen LogP contribution in [-0.2, 0) is 0 Å². The van der Waals surface area contributed by atoms with Crippen molar-refractivity contribution < 1.29 is 4.74 Å². The van der Waals surface area contributed by atoms with E-state index in [2.05, 4.69) is 35.9 Å². The number of ether oxygens (including phenoxy) is 1. The summed E-state index contributed by atoms with van der Waals surface area (Å²) in [5, 5.41) is 0. The zero-order valence-electron chi connectivity index (χ0n) is 12.2. The van der Waals surface area contributed by atoms with Crippen LogP contribution in [0.5, 0.6) is 5.88 Å². The van der Waals surface area contributed by atoms with E-state index in [0.29, 0.717) is 5.88 Å². The molecule has 1 heterocycles. The van der Waals surface area contributed by atoms with Crippen LogP contribution in [0.15, 0.2) is 54.7 Å². The summed E-state index contributed by atoms with van der Waals surface area (Å²) >= 11 is 0. The molecule has 0 N–H and O–H groups in total. The largest absolute Gasteiger partial charge is 0.468 e. The Morgan fingerprint density at radius 1 is 1.00 bits per heavy atom. The average molecular weight is 270 g/mol. The molecule has 20 heavy (non-hydrogen) atoms. The number of benzene rings is 1. The third-order valence-electron chi connectivity index (χ3n) is 3.39. The molecular weight excluding hydrogens is 248 g/mol. The molecule has 3 heteroatoms. The van der Waals surface area contributed by atoms with Crippen LogP contribution in [0.3, 0.4) is 0 Å². The van der Waals surface area contributed by atoms with E-state index in [9.17, 15) is 0 Å². The average Bonchev–Trinajstić information content (AvgIpc) is 2.53. The molecule has 0 unspecified atom stereocenters. The third kappa shape index (κ3) is 4.07. The Morgan fingerprint density at radius 2 is 1.70 bits per heavy atom. The van der Waals surface area contributed by atoms with E-state index >= 15 is 0 Å². The lowest BCUT2D eigenvalue weighted by atomic mass is 10.1. The monoisotopic (exact) mass is 270 g/mol. The molecule has 0 aliphatic carbocycles. The standard InChI is InChI=1S/C17H22N2O/c1-3-19(4-2)14-16(15-10-6-5-7-11-15)20-17-12-8-9-13-18-17/h5-13,16H,3-4,14H2,1-2H3/t16-/m0/s1. The molecule has 0 radical (unpaired) electrons.